The smallest absolute Gasteiger partial charge is 0.169 e. The average molecular weight is 626 g/mol. The highest BCUT2D eigenvalue weighted by atomic mass is 16.3. The van der Waals surface area contributed by atoms with Gasteiger partial charge in [-0.2, -0.15) is 0 Å². The highest BCUT2D eigenvalue weighted by molar-refractivity contribution is 6.28. The summed E-state index contributed by atoms with van der Waals surface area (Å²) in [4.78, 5) is 10.5. The third-order valence-corrected chi connectivity index (χ3v) is 10.2. The SMILES string of the molecule is c1ccc(C2=NC(c3ccc4ccc5ccccc5c4c3)N=C(c3cccc4c3oc3c5c6c(cccc6cc34)-c3ccccc3-5)N2)cc1. The minimum atomic E-state index is -0.441. The largest absolute Gasteiger partial charge is 0.455 e. The predicted octanol–water partition coefficient (Wildman–Crippen LogP) is 11.2. The topological polar surface area (TPSA) is 49.9 Å². The highest BCUT2D eigenvalue weighted by Crippen LogP contribution is 2.52. The maximum absolute atomic E-state index is 6.98. The fraction of sp³-hybridized carbons (Fsp3) is 0.0222. The monoisotopic (exact) mass is 625 g/mol. The van der Waals surface area contributed by atoms with Gasteiger partial charge in [0.2, 0.25) is 0 Å². The lowest BCUT2D eigenvalue weighted by Gasteiger charge is -2.22. The van der Waals surface area contributed by atoms with Crippen LogP contribution in [0.5, 0.6) is 0 Å². The number of aliphatic imine (C=N–C) groups is 2. The number of hydrogen-bond donors (Lipinski definition) is 1. The number of nitrogens with zero attached hydrogens (tertiary/aromatic N) is 2. The maximum Gasteiger partial charge on any atom is 0.169 e. The van der Waals surface area contributed by atoms with Crippen molar-refractivity contribution in [1.82, 2.24) is 5.32 Å². The van der Waals surface area contributed by atoms with Crippen LogP contribution in [0, 0.1) is 0 Å². The quantitative estimate of drug-likeness (QED) is 0.199. The van der Waals surface area contributed by atoms with Crippen molar-refractivity contribution in [3.05, 3.63) is 168 Å². The molecule has 4 heteroatoms. The Hall–Kier alpha value is -6.52. The van der Waals surface area contributed by atoms with E-state index in [1.54, 1.807) is 0 Å². The van der Waals surface area contributed by atoms with Crippen molar-refractivity contribution < 1.29 is 4.42 Å². The van der Waals surface area contributed by atoms with E-state index in [1.165, 1.54) is 54.6 Å². The molecule has 228 valence electrons. The van der Waals surface area contributed by atoms with E-state index in [2.05, 4.69) is 139 Å². The molecule has 11 rings (SSSR count). The summed E-state index contributed by atoms with van der Waals surface area (Å²) in [5.41, 5.74) is 9.60. The first-order chi connectivity index (χ1) is 24.3. The summed E-state index contributed by atoms with van der Waals surface area (Å²) in [6.45, 7) is 0. The van der Waals surface area contributed by atoms with Gasteiger partial charge in [0.15, 0.2) is 6.17 Å². The van der Waals surface area contributed by atoms with E-state index in [-0.39, 0.29) is 0 Å². The van der Waals surface area contributed by atoms with Gasteiger partial charge in [-0.1, -0.05) is 133 Å². The van der Waals surface area contributed by atoms with Crippen molar-refractivity contribution in [2.24, 2.45) is 9.98 Å². The maximum atomic E-state index is 6.98. The second kappa shape index (κ2) is 9.99. The fourth-order valence-electron chi connectivity index (χ4n) is 7.97. The molecule has 0 fully saturated rings. The van der Waals surface area contributed by atoms with E-state index in [4.69, 9.17) is 14.4 Å². The van der Waals surface area contributed by atoms with Crippen molar-refractivity contribution in [3.63, 3.8) is 0 Å². The van der Waals surface area contributed by atoms with Crippen LogP contribution in [-0.2, 0) is 0 Å². The molecule has 0 amide bonds. The van der Waals surface area contributed by atoms with Crippen LogP contribution >= 0.6 is 0 Å². The van der Waals surface area contributed by atoms with Crippen LogP contribution in [0.15, 0.2) is 166 Å². The third-order valence-electron chi connectivity index (χ3n) is 10.2. The summed E-state index contributed by atoms with van der Waals surface area (Å²) in [6, 6.07) is 53.7. The van der Waals surface area contributed by atoms with Gasteiger partial charge < -0.3 is 9.73 Å². The Kier molecular flexibility index (Phi) is 5.41. The molecule has 1 aliphatic heterocycles. The van der Waals surface area contributed by atoms with Crippen LogP contribution < -0.4 is 5.32 Å². The second-order valence-corrected chi connectivity index (χ2v) is 12.9. The Morgan fingerprint density at radius 3 is 2.04 bits per heavy atom. The summed E-state index contributed by atoms with van der Waals surface area (Å²) in [6.07, 6.45) is -0.441. The zero-order valence-corrected chi connectivity index (χ0v) is 26.3. The molecule has 4 nitrogen and oxygen atoms in total. The molecule has 2 heterocycles. The zero-order chi connectivity index (χ0) is 32.1. The molecule has 1 aromatic heterocycles. The number of benzene rings is 8. The third kappa shape index (κ3) is 3.86. The first-order valence-corrected chi connectivity index (χ1v) is 16.7. The minimum Gasteiger partial charge on any atom is -0.455 e. The number of amidine groups is 2. The highest BCUT2D eigenvalue weighted by Gasteiger charge is 2.28. The molecular weight excluding hydrogens is 599 g/mol. The lowest BCUT2D eigenvalue weighted by Crippen LogP contribution is -2.36. The van der Waals surface area contributed by atoms with Gasteiger partial charge in [0.05, 0.1) is 5.56 Å². The Balaban J connectivity index is 1.14. The molecule has 49 heavy (non-hydrogen) atoms. The van der Waals surface area contributed by atoms with Crippen LogP contribution in [-0.4, -0.2) is 11.7 Å². The summed E-state index contributed by atoms with van der Waals surface area (Å²) in [5.74, 6) is 1.52. The van der Waals surface area contributed by atoms with Crippen molar-refractivity contribution >= 4 is 65.9 Å². The Bertz CT molecular complexity index is 2920. The van der Waals surface area contributed by atoms with Crippen LogP contribution in [0.4, 0.5) is 0 Å². The van der Waals surface area contributed by atoms with E-state index >= 15 is 0 Å². The van der Waals surface area contributed by atoms with Gasteiger partial charge in [0.1, 0.15) is 22.8 Å². The van der Waals surface area contributed by atoms with Gasteiger partial charge in [-0.3, -0.25) is 0 Å². The standard InChI is InChI=1S/C45H27N3O/c1-2-11-28(12-3-1)43-46-44(30-23-22-27-21-20-26-10-4-5-14-31(26)37(27)25-30)48-45(47-43)36-19-9-18-35-38-24-29-13-8-17-33-32-15-6-7-16-34(32)40(39(29)33)42(38)49-41(35)36/h1-25,44H,(H,46,47,48). The van der Waals surface area contributed by atoms with Gasteiger partial charge in [0.25, 0.3) is 0 Å². The number of nitrogens with one attached hydrogen (secondary N) is 1. The number of furan rings is 1. The first kappa shape index (κ1) is 26.5. The van der Waals surface area contributed by atoms with E-state index in [0.717, 1.165) is 50.3 Å². The van der Waals surface area contributed by atoms with Crippen molar-refractivity contribution in [3.8, 4) is 22.3 Å². The molecule has 1 unspecified atom stereocenters. The minimum absolute atomic E-state index is 0.441. The molecule has 8 aromatic carbocycles. The molecule has 0 saturated carbocycles. The van der Waals surface area contributed by atoms with Gasteiger partial charge >= 0.3 is 0 Å². The van der Waals surface area contributed by atoms with E-state index in [0.29, 0.717) is 0 Å². The lowest BCUT2D eigenvalue weighted by atomic mass is 9.98. The molecule has 1 atom stereocenters. The lowest BCUT2D eigenvalue weighted by molar-refractivity contribution is 0.669. The van der Waals surface area contributed by atoms with Crippen LogP contribution in [0.3, 0.4) is 0 Å². The first-order valence-electron chi connectivity index (χ1n) is 16.7. The molecule has 2 aliphatic rings. The molecule has 9 aromatic rings. The van der Waals surface area contributed by atoms with Gasteiger partial charge in [-0.05, 0) is 67.4 Å². The number of fused-ring (bicyclic) bond motifs is 10. The van der Waals surface area contributed by atoms with Gasteiger partial charge in [-0.25, -0.2) is 9.98 Å². The fourth-order valence-corrected chi connectivity index (χ4v) is 7.97. The normalized spacial score (nSPS) is 15.1. The zero-order valence-electron chi connectivity index (χ0n) is 26.3. The number of para-hydroxylation sites is 1. The van der Waals surface area contributed by atoms with E-state index < -0.39 is 6.17 Å². The van der Waals surface area contributed by atoms with Crippen LogP contribution in [0.1, 0.15) is 22.9 Å². The molecular formula is C45H27N3O. The second-order valence-electron chi connectivity index (χ2n) is 12.9. The van der Waals surface area contributed by atoms with Crippen LogP contribution in [0.25, 0.3) is 76.5 Å². The van der Waals surface area contributed by atoms with Crippen molar-refractivity contribution in [2.45, 2.75) is 6.17 Å². The number of rotatable bonds is 3. The Labute approximate surface area is 281 Å². The van der Waals surface area contributed by atoms with Crippen molar-refractivity contribution in [1.29, 1.82) is 0 Å². The summed E-state index contributed by atoms with van der Waals surface area (Å²) in [7, 11) is 0. The molecule has 1 N–H and O–H groups in total. The van der Waals surface area contributed by atoms with Gasteiger partial charge in [-0.15, -0.1) is 0 Å². The van der Waals surface area contributed by atoms with Gasteiger partial charge in [0, 0.05) is 27.3 Å². The van der Waals surface area contributed by atoms with E-state index in [1.807, 2.05) is 18.2 Å². The Morgan fingerprint density at radius 2 is 1.12 bits per heavy atom. The summed E-state index contributed by atoms with van der Waals surface area (Å²) >= 11 is 0. The molecule has 1 aliphatic carbocycles. The Morgan fingerprint density at radius 1 is 0.449 bits per heavy atom. The molecule has 0 bridgehead atoms. The molecule has 0 saturated heterocycles. The summed E-state index contributed by atoms with van der Waals surface area (Å²) < 4.78 is 6.98. The predicted molar refractivity (Wildman–Crippen MR) is 203 cm³/mol. The van der Waals surface area contributed by atoms with Crippen LogP contribution in [0.2, 0.25) is 0 Å². The van der Waals surface area contributed by atoms with E-state index in [9.17, 15) is 0 Å². The number of hydrogen-bond acceptors (Lipinski definition) is 4. The summed E-state index contributed by atoms with van der Waals surface area (Å²) in [5, 5.41) is 13.1. The molecule has 0 spiro atoms. The average Bonchev–Trinajstić information content (AvgIpc) is 3.72. The van der Waals surface area contributed by atoms with Crippen molar-refractivity contribution in [2.75, 3.05) is 0 Å². The molecule has 0 radical (unpaired) electrons.